The van der Waals surface area contributed by atoms with Crippen molar-refractivity contribution in [1.29, 1.82) is 0 Å². The van der Waals surface area contributed by atoms with Crippen molar-refractivity contribution in [3.63, 3.8) is 0 Å². The number of piperidine rings is 1. The van der Waals surface area contributed by atoms with E-state index < -0.39 is 0 Å². The van der Waals surface area contributed by atoms with Crippen molar-refractivity contribution < 1.29 is 14.3 Å². The molecule has 1 aliphatic heterocycles. The van der Waals surface area contributed by atoms with Crippen LogP contribution in [0, 0.1) is 11.8 Å². The van der Waals surface area contributed by atoms with E-state index in [1.165, 1.54) is 32.1 Å². The second kappa shape index (κ2) is 9.90. The first-order chi connectivity index (χ1) is 11.6. The van der Waals surface area contributed by atoms with Gasteiger partial charge in [-0.3, -0.25) is 4.79 Å². The van der Waals surface area contributed by atoms with E-state index in [1.54, 1.807) is 4.90 Å². The molecule has 2 fully saturated rings. The van der Waals surface area contributed by atoms with E-state index in [-0.39, 0.29) is 24.0 Å². The molecule has 0 radical (unpaired) electrons. The van der Waals surface area contributed by atoms with E-state index >= 15 is 0 Å². The number of unbranched alkanes of at least 4 members (excludes halogenated alkanes) is 1. The van der Waals surface area contributed by atoms with Crippen LogP contribution in [0.3, 0.4) is 0 Å². The quantitative estimate of drug-likeness (QED) is 0.803. The number of amides is 2. The van der Waals surface area contributed by atoms with Crippen LogP contribution in [-0.4, -0.2) is 42.6 Å². The molecule has 1 saturated heterocycles. The Morgan fingerprint density at radius 2 is 1.71 bits per heavy atom. The lowest BCUT2D eigenvalue weighted by Crippen LogP contribution is -2.48. The lowest BCUT2D eigenvalue weighted by molar-refractivity contribution is -0.127. The monoisotopic (exact) mass is 338 g/mol. The third-order valence-electron chi connectivity index (χ3n) is 5.55. The number of nitrogens with one attached hydrogen (secondary N) is 1. The molecule has 2 aliphatic rings. The summed E-state index contributed by atoms with van der Waals surface area (Å²) in [5.74, 6) is 1.27. The van der Waals surface area contributed by atoms with Gasteiger partial charge in [0, 0.05) is 25.0 Å². The van der Waals surface area contributed by atoms with Crippen molar-refractivity contribution in [1.82, 2.24) is 10.2 Å². The molecule has 0 bridgehead atoms. The van der Waals surface area contributed by atoms with Crippen LogP contribution in [0.2, 0.25) is 0 Å². The fraction of sp³-hybridized carbons (Fsp3) is 0.895. The number of carbonyl (C=O) groups excluding carboxylic acids is 2. The van der Waals surface area contributed by atoms with Crippen LogP contribution < -0.4 is 5.32 Å². The van der Waals surface area contributed by atoms with Gasteiger partial charge < -0.3 is 15.0 Å². The van der Waals surface area contributed by atoms with Gasteiger partial charge in [0.25, 0.3) is 0 Å². The molecule has 24 heavy (non-hydrogen) atoms. The molecule has 5 heteroatoms. The van der Waals surface area contributed by atoms with Gasteiger partial charge in [0.05, 0.1) is 6.61 Å². The number of likely N-dealkylation sites (tertiary alicyclic amines) is 1. The number of rotatable bonds is 6. The lowest BCUT2D eigenvalue weighted by Gasteiger charge is -2.33. The second-order valence-corrected chi connectivity index (χ2v) is 7.33. The molecule has 0 spiro atoms. The minimum atomic E-state index is -0.229. The SMILES string of the molecule is CCCCC1CCC(C(=O)NC2CCN(C(=O)OCC)CC2)CC1. The van der Waals surface area contributed by atoms with E-state index in [1.807, 2.05) is 6.92 Å². The van der Waals surface area contributed by atoms with Crippen molar-refractivity contribution in [2.75, 3.05) is 19.7 Å². The fourth-order valence-electron chi connectivity index (χ4n) is 3.95. The molecule has 138 valence electrons. The number of hydrogen-bond acceptors (Lipinski definition) is 3. The van der Waals surface area contributed by atoms with Gasteiger partial charge in [-0.2, -0.15) is 0 Å². The third-order valence-corrected chi connectivity index (χ3v) is 5.55. The highest BCUT2D eigenvalue weighted by atomic mass is 16.6. The predicted octanol–water partition coefficient (Wildman–Crippen LogP) is 3.72. The van der Waals surface area contributed by atoms with Crippen LogP contribution in [0.5, 0.6) is 0 Å². The molecule has 2 amide bonds. The number of ether oxygens (including phenoxy) is 1. The maximum absolute atomic E-state index is 12.5. The average Bonchev–Trinajstić information content (AvgIpc) is 2.61. The van der Waals surface area contributed by atoms with Crippen molar-refractivity contribution in [3.8, 4) is 0 Å². The van der Waals surface area contributed by atoms with Crippen molar-refractivity contribution in [3.05, 3.63) is 0 Å². The van der Waals surface area contributed by atoms with E-state index in [9.17, 15) is 9.59 Å². The number of carbonyl (C=O) groups is 2. The highest BCUT2D eigenvalue weighted by molar-refractivity contribution is 5.79. The summed E-state index contributed by atoms with van der Waals surface area (Å²) in [6.45, 7) is 5.83. The maximum Gasteiger partial charge on any atom is 0.409 e. The number of hydrogen-bond donors (Lipinski definition) is 1. The summed E-state index contributed by atoms with van der Waals surface area (Å²) in [5.41, 5.74) is 0. The summed E-state index contributed by atoms with van der Waals surface area (Å²) in [6, 6.07) is 0.209. The molecule has 1 aliphatic carbocycles. The molecule has 0 aromatic rings. The van der Waals surface area contributed by atoms with Crippen molar-refractivity contribution in [2.24, 2.45) is 11.8 Å². The Morgan fingerprint density at radius 3 is 2.29 bits per heavy atom. The van der Waals surface area contributed by atoms with Gasteiger partial charge in [0.2, 0.25) is 5.91 Å². The zero-order valence-corrected chi connectivity index (χ0v) is 15.4. The van der Waals surface area contributed by atoms with E-state index in [0.29, 0.717) is 19.7 Å². The molecular weight excluding hydrogens is 304 g/mol. The van der Waals surface area contributed by atoms with Crippen LogP contribution >= 0.6 is 0 Å². The lowest BCUT2D eigenvalue weighted by atomic mass is 9.79. The Morgan fingerprint density at radius 1 is 1.04 bits per heavy atom. The van der Waals surface area contributed by atoms with Gasteiger partial charge in [-0.1, -0.05) is 26.2 Å². The molecular formula is C19H34N2O3. The first-order valence-corrected chi connectivity index (χ1v) is 9.86. The Balaban J connectivity index is 1.66. The third kappa shape index (κ3) is 5.67. The molecule has 0 aromatic heterocycles. The largest absolute Gasteiger partial charge is 0.450 e. The minimum Gasteiger partial charge on any atom is -0.450 e. The molecule has 2 rings (SSSR count). The maximum atomic E-state index is 12.5. The van der Waals surface area contributed by atoms with Crippen LogP contribution in [0.1, 0.15) is 71.6 Å². The van der Waals surface area contributed by atoms with Gasteiger partial charge in [-0.15, -0.1) is 0 Å². The summed E-state index contributed by atoms with van der Waals surface area (Å²) in [6.07, 6.45) is 9.85. The molecule has 1 N–H and O–H groups in total. The first kappa shape index (κ1) is 19.1. The minimum absolute atomic E-state index is 0.200. The zero-order valence-electron chi connectivity index (χ0n) is 15.4. The molecule has 1 saturated carbocycles. The summed E-state index contributed by atoms with van der Waals surface area (Å²) in [5, 5.41) is 3.22. The summed E-state index contributed by atoms with van der Waals surface area (Å²) < 4.78 is 5.03. The normalized spacial score (nSPS) is 25.3. The standard InChI is InChI=1S/C19H34N2O3/c1-3-5-6-15-7-9-16(10-8-15)18(22)20-17-11-13-21(14-12-17)19(23)24-4-2/h15-17H,3-14H2,1-2H3,(H,20,22). The molecule has 1 heterocycles. The Labute approximate surface area is 146 Å². The number of nitrogens with zero attached hydrogens (tertiary/aromatic N) is 1. The topological polar surface area (TPSA) is 58.6 Å². The molecule has 5 nitrogen and oxygen atoms in total. The van der Waals surface area contributed by atoms with Gasteiger partial charge in [-0.25, -0.2) is 4.79 Å². The van der Waals surface area contributed by atoms with Gasteiger partial charge in [0.15, 0.2) is 0 Å². The van der Waals surface area contributed by atoms with Crippen molar-refractivity contribution >= 4 is 12.0 Å². The highest BCUT2D eigenvalue weighted by Crippen LogP contribution is 2.32. The van der Waals surface area contributed by atoms with Crippen LogP contribution in [-0.2, 0) is 9.53 Å². The fourth-order valence-corrected chi connectivity index (χ4v) is 3.95. The summed E-state index contributed by atoms with van der Waals surface area (Å²) >= 11 is 0. The van der Waals surface area contributed by atoms with Gasteiger partial charge in [-0.05, 0) is 51.4 Å². The van der Waals surface area contributed by atoms with Crippen LogP contribution in [0.15, 0.2) is 0 Å². The van der Waals surface area contributed by atoms with Crippen molar-refractivity contribution in [2.45, 2.75) is 77.7 Å². The van der Waals surface area contributed by atoms with Gasteiger partial charge >= 0.3 is 6.09 Å². The molecule has 0 unspecified atom stereocenters. The Kier molecular flexibility index (Phi) is 7.86. The second-order valence-electron chi connectivity index (χ2n) is 7.33. The highest BCUT2D eigenvalue weighted by Gasteiger charge is 2.29. The van der Waals surface area contributed by atoms with Gasteiger partial charge in [0.1, 0.15) is 0 Å². The van der Waals surface area contributed by atoms with E-state index in [2.05, 4.69) is 12.2 Å². The van der Waals surface area contributed by atoms with Crippen LogP contribution in [0.4, 0.5) is 4.79 Å². The predicted molar refractivity (Wildman–Crippen MR) is 94.7 cm³/mol. The average molecular weight is 338 g/mol. The summed E-state index contributed by atoms with van der Waals surface area (Å²) in [7, 11) is 0. The smallest absolute Gasteiger partial charge is 0.409 e. The van der Waals surface area contributed by atoms with E-state index in [4.69, 9.17) is 4.74 Å². The summed E-state index contributed by atoms with van der Waals surface area (Å²) in [4.78, 5) is 25.9. The Hall–Kier alpha value is -1.26. The first-order valence-electron chi connectivity index (χ1n) is 9.86. The van der Waals surface area contributed by atoms with Crippen LogP contribution in [0.25, 0.3) is 0 Å². The molecule has 0 aromatic carbocycles. The molecule has 0 atom stereocenters. The Bertz CT molecular complexity index is 397. The van der Waals surface area contributed by atoms with E-state index in [0.717, 1.165) is 31.6 Å². The zero-order chi connectivity index (χ0) is 17.4.